The molecule has 0 nitrogen and oxygen atoms in total. The number of halogens is 1. The molecule has 0 radical (unpaired) electrons. The maximum absolute atomic E-state index is 6.43. The standard InChI is InChI=1S/C17H19Cl/c1-2-3-4-5-10-17(18)16-12-11-14-8-6-7-9-15(14)13-16/h4-9,11-13,17H,2-3,10H2,1H3/b5-4+. The van der Waals surface area contributed by atoms with Crippen LogP contribution in [0.3, 0.4) is 0 Å². The van der Waals surface area contributed by atoms with E-state index >= 15 is 0 Å². The highest BCUT2D eigenvalue weighted by molar-refractivity contribution is 6.21. The lowest BCUT2D eigenvalue weighted by Gasteiger charge is -2.08. The third kappa shape index (κ3) is 3.36. The van der Waals surface area contributed by atoms with Crippen molar-refractivity contribution in [1.29, 1.82) is 0 Å². The van der Waals surface area contributed by atoms with Crippen molar-refractivity contribution in [3.63, 3.8) is 0 Å². The molecular weight excluding hydrogens is 240 g/mol. The Bertz CT molecular complexity index is 528. The van der Waals surface area contributed by atoms with Crippen molar-refractivity contribution in [3.05, 3.63) is 60.2 Å². The van der Waals surface area contributed by atoms with E-state index in [1.807, 2.05) is 0 Å². The zero-order chi connectivity index (χ0) is 12.8. The molecule has 0 fully saturated rings. The van der Waals surface area contributed by atoms with E-state index in [-0.39, 0.29) is 5.38 Å². The van der Waals surface area contributed by atoms with E-state index in [9.17, 15) is 0 Å². The molecule has 0 amide bonds. The molecule has 0 N–H and O–H groups in total. The van der Waals surface area contributed by atoms with Gasteiger partial charge in [0.15, 0.2) is 0 Å². The summed E-state index contributed by atoms with van der Waals surface area (Å²) in [5.74, 6) is 0. The van der Waals surface area contributed by atoms with Gasteiger partial charge in [0.25, 0.3) is 0 Å². The zero-order valence-electron chi connectivity index (χ0n) is 10.8. The van der Waals surface area contributed by atoms with Crippen molar-refractivity contribution in [1.82, 2.24) is 0 Å². The Labute approximate surface area is 114 Å². The van der Waals surface area contributed by atoms with Gasteiger partial charge in [-0.05, 0) is 35.2 Å². The highest BCUT2D eigenvalue weighted by atomic mass is 35.5. The number of unbranched alkanes of at least 4 members (excludes halogenated alkanes) is 1. The summed E-state index contributed by atoms with van der Waals surface area (Å²) in [6.45, 7) is 2.19. The number of alkyl halides is 1. The summed E-state index contributed by atoms with van der Waals surface area (Å²) in [6, 6.07) is 14.9. The number of allylic oxidation sites excluding steroid dienone is 2. The van der Waals surface area contributed by atoms with Crippen LogP contribution in [-0.2, 0) is 0 Å². The molecule has 0 spiro atoms. The Morgan fingerprint density at radius 2 is 1.83 bits per heavy atom. The highest BCUT2D eigenvalue weighted by Crippen LogP contribution is 2.27. The summed E-state index contributed by atoms with van der Waals surface area (Å²) < 4.78 is 0. The largest absolute Gasteiger partial charge is 0.117 e. The van der Waals surface area contributed by atoms with Crippen LogP contribution in [0, 0.1) is 0 Å². The Kier molecular flexibility index (Phi) is 4.83. The van der Waals surface area contributed by atoms with Crippen LogP contribution in [0.25, 0.3) is 10.8 Å². The molecule has 2 rings (SSSR count). The summed E-state index contributed by atoms with van der Waals surface area (Å²) in [6.07, 6.45) is 7.65. The predicted molar refractivity (Wildman–Crippen MR) is 81.2 cm³/mol. The van der Waals surface area contributed by atoms with Gasteiger partial charge in [-0.2, -0.15) is 0 Å². The first-order chi connectivity index (χ1) is 8.81. The van der Waals surface area contributed by atoms with Crippen molar-refractivity contribution < 1.29 is 0 Å². The summed E-state index contributed by atoms with van der Waals surface area (Å²) in [5.41, 5.74) is 1.21. The molecule has 0 saturated heterocycles. The zero-order valence-corrected chi connectivity index (χ0v) is 11.5. The quantitative estimate of drug-likeness (QED) is 0.465. The first-order valence-corrected chi connectivity index (χ1v) is 7.02. The molecule has 0 aromatic heterocycles. The van der Waals surface area contributed by atoms with Crippen LogP contribution in [0.4, 0.5) is 0 Å². The molecular formula is C17H19Cl. The van der Waals surface area contributed by atoms with Crippen LogP contribution in [-0.4, -0.2) is 0 Å². The third-order valence-electron chi connectivity index (χ3n) is 3.10. The lowest BCUT2D eigenvalue weighted by atomic mass is 10.0. The second-order valence-electron chi connectivity index (χ2n) is 4.57. The van der Waals surface area contributed by atoms with Gasteiger partial charge in [0.05, 0.1) is 5.38 Å². The third-order valence-corrected chi connectivity index (χ3v) is 3.53. The minimum atomic E-state index is 0.0720. The lowest BCUT2D eigenvalue weighted by molar-refractivity contribution is 0.921. The molecule has 0 aliphatic carbocycles. The number of fused-ring (bicyclic) bond motifs is 1. The van der Waals surface area contributed by atoms with Crippen LogP contribution in [0.15, 0.2) is 54.6 Å². The van der Waals surface area contributed by atoms with E-state index in [4.69, 9.17) is 11.6 Å². The average molecular weight is 259 g/mol. The van der Waals surface area contributed by atoms with Crippen molar-refractivity contribution >= 4 is 22.4 Å². The summed E-state index contributed by atoms with van der Waals surface area (Å²) >= 11 is 6.43. The van der Waals surface area contributed by atoms with Crippen molar-refractivity contribution in [2.45, 2.75) is 31.6 Å². The maximum Gasteiger partial charge on any atom is 0.0619 e. The fourth-order valence-electron chi connectivity index (χ4n) is 2.04. The van der Waals surface area contributed by atoms with Crippen LogP contribution in [0.2, 0.25) is 0 Å². The van der Waals surface area contributed by atoms with Gasteiger partial charge in [-0.25, -0.2) is 0 Å². The van der Waals surface area contributed by atoms with E-state index in [0.717, 1.165) is 12.8 Å². The number of benzene rings is 2. The molecule has 1 unspecified atom stereocenters. The molecule has 0 aliphatic rings. The number of hydrogen-bond acceptors (Lipinski definition) is 0. The van der Waals surface area contributed by atoms with Gasteiger partial charge in [0, 0.05) is 0 Å². The molecule has 0 bridgehead atoms. The maximum atomic E-state index is 6.43. The number of hydrogen-bond donors (Lipinski definition) is 0. The first-order valence-electron chi connectivity index (χ1n) is 6.59. The van der Waals surface area contributed by atoms with E-state index in [1.165, 1.54) is 22.8 Å². The second kappa shape index (κ2) is 6.61. The topological polar surface area (TPSA) is 0 Å². The van der Waals surface area contributed by atoms with E-state index in [0.29, 0.717) is 0 Å². The van der Waals surface area contributed by atoms with Crippen molar-refractivity contribution in [3.8, 4) is 0 Å². The van der Waals surface area contributed by atoms with Crippen LogP contribution < -0.4 is 0 Å². The first kappa shape index (κ1) is 13.2. The molecule has 1 heteroatoms. The Morgan fingerprint density at radius 3 is 2.61 bits per heavy atom. The predicted octanol–water partition coefficient (Wildman–Crippen LogP) is 5.87. The minimum Gasteiger partial charge on any atom is -0.117 e. The molecule has 0 saturated carbocycles. The van der Waals surface area contributed by atoms with E-state index in [1.54, 1.807) is 0 Å². The SMILES string of the molecule is CCC/C=C/CC(Cl)c1ccc2ccccc2c1. The van der Waals surface area contributed by atoms with Gasteiger partial charge < -0.3 is 0 Å². The van der Waals surface area contributed by atoms with Crippen LogP contribution in [0.1, 0.15) is 37.1 Å². The molecule has 2 aromatic carbocycles. The van der Waals surface area contributed by atoms with Gasteiger partial charge >= 0.3 is 0 Å². The average Bonchev–Trinajstić information content (AvgIpc) is 2.43. The molecule has 18 heavy (non-hydrogen) atoms. The molecule has 0 heterocycles. The summed E-state index contributed by atoms with van der Waals surface area (Å²) in [4.78, 5) is 0. The van der Waals surface area contributed by atoms with E-state index < -0.39 is 0 Å². The van der Waals surface area contributed by atoms with Gasteiger partial charge in [-0.3, -0.25) is 0 Å². The second-order valence-corrected chi connectivity index (χ2v) is 5.10. The van der Waals surface area contributed by atoms with E-state index in [2.05, 4.69) is 61.5 Å². The van der Waals surface area contributed by atoms with Crippen molar-refractivity contribution in [2.75, 3.05) is 0 Å². The van der Waals surface area contributed by atoms with Gasteiger partial charge in [0.1, 0.15) is 0 Å². The van der Waals surface area contributed by atoms with Crippen LogP contribution in [0.5, 0.6) is 0 Å². The molecule has 1 atom stereocenters. The fourth-order valence-corrected chi connectivity index (χ4v) is 2.28. The van der Waals surface area contributed by atoms with Gasteiger partial charge in [-0.15, -0.1) is 11.6 Å². The number of rotatable bonds is 5. The monoisotopic (exact) mass is 258 g/mol. The van der Waals surface area contributed by atoms with Gasteiger partial charge in [0.2, 0.25) is 0 Å². The summed E-state index contributed by atoms with van der Waals surface area (Å²) in [7, 11) is 0. The Balaban J connectivity index is 2.10. The van der Waals surface area contributed by atoms with Crippen LogP contribution >= 0.6 is 11.6 Å². The van der Waals surface area contributed by atoms with Gasteiger partial charge in [-0.1, -0.05) is 61.9 Å². The fraction of sp³-hybridized carbons (Fsp3) is 0.294. The smallest absolute Gasteiger partial charge is 0.0619 e. The van der Waals surface area contributed by atoms with Crippen molar-refractivity contribution in [2.24, 2.45) is 0 Å². The molecule has 0 aliphatic heterocycles. The lowest BCUT2D eigenvalue weighted by Crippen LogP contribution is -1.88. The molecule has 94 valence electrons. The molecule has 2 aromatic rings. The minimum absolute atomic E-state index is 0.0720. The Hall–Kier alpha value is -1.27. The summed E-state index contributed by atoms with van der Waals surface area (Å²) in [5, 5.41) is 2.60. The Morgan fingerprint density at radius 1 is 1.06 bits per heavy atom. The highest BCUT2D eigenvalue weighted by Gasteiger charge is 2.06. The normalized spacial score (nSPS) is 13.2.